The molecule has 0 atom stereocenters. The van der Waals surface area contributed by atoms with Gasteiger partial charge in [-0.3, -0.25) is 0 Å². The molecule has 0 aliphatic rings. The number of halogens is 2. The summed E-state index contributed by atoms with van der Waals surface area (Å²) >= 11 is 3.02. The standard InChI is InChI=1S/C10H9BrFN3O/c1-16-8-4-2-7(3-5-8)6-15-10(12)13-9(11)14-15/h2-5H,6H2,1H3. The molecule has 0 bridgehead atoms. The van der Waals surface area contributed by atoms with Gasteiger partial charge in [0.05, 0.1) is 13.7 Å². The first kappa shape index (κ1) is 11.1. The third-order valence-corrected chi connectivity index (χ3v) is 2.43. The van der Waals surface area contributed by atoms with E-state index in [0.29, 0.717) is 6.54 Å². The van der Waals surface area contributed by atoms with E-state index in [2.05, 4.69) is 26.0 Å². The molecule has 0 amide bonds. The summed E-state index contributed by atoms with van der Waals surface area (Å²) in [6.45, 7) is 0.342. The molecule has 0 N–H and O–H groups in total. The lowest BCUT2D eigenvalue weighted by Gasteiger charge is -2.03. The molecule has 0 spiro atoms. The largest absolute Gasteiger partial charge is 0.497 e. The van der Waals surface area contributed by atoms with Crippen molar-refractivity contribution in [1.82, 2.24) is 14.8 Å². The van der Waals surface area contributed by atoms with E-state index in [1.807, 2.05) is 24.3 Å². The summed E-state index contributed by atoms with van der Waals surface area (Å²) in [4.78, 5) is 3.52. The first-order valence-corrected chi connectivity index (χ1v) is 5.37. The quantitative estimate of drug-likeness (QED) is 0.868. The Morgan fingerprint density at radius 1 is 1.38 bits per heavy atom. The molecule has 1 heterocycles. The van der Waals surface area contributed by atoms with Gasteiger partial charge in [-0.05, 0) is 33.6 Å². The van der Waals surface area contributed by atoms with E-state index in [0.717, 1.165) is 11.3 Å². The zero-order valence-corrected chi connectivity index (χ0v) is 10.1. The Bertz CT molecular complexity index is 483. The minimum atomic E-state index is -0.609. The smallest absolute Gasteiger partial charge is 0.308 e. The Kier molecular flexibility index (Phi) is 3.19. The first-order chi connectivity index (χ1) is 7.69. The minimum absolute atomic E-state index is 0.249. The summed E-state index contributed by atoms with van der Waals surface area (Å²) in [5.41, 5.74) is 0.928. The predicted molar refractivity (Wildman–Crippen MR) is 59.8 cm³/mol. The average Bonchev–Trinajstić information content (AvgIpc) is 2.59. The number of rotatable bonds is 3. The van der Waals surface area contributed by atoms with Gasteiger partial charge < -0.3 is 4.74 Å². The minimum Gasteiger partial charge on any atom is -0.497 e. The van der Waals surface area contributed by atoms with Gasteiger partial charge in [-0.15, -0.1) is 5.10 Å². The Labute approximate surface area is 100 Å². The van der Waals surface area contributed by atoms with Crippen molar-refractivity contribution in [2.24, 2.45) is 0 Å². The van der Waals surface area contributed by atoms with Crippen LogP contribution in [0.2, 0.25) is 0 Å². The van der Waals surface area contributed by atoms with Crippen molar-refractivity contribution < 1.29 is 9.13 Å². The van der Waals surface area contributed by atoms with Crippen LogP contribution in [0.15, 0.2) is 29.0 Å². The molecule has 0 aliphatic heterocycles. The number of ether oxygens (including phenoxy) is 1. The van der Waals surface area contributed by atoms with Crippen LogP contribution >= 0.6 is 15.9 Å². The van der Waals surface area contributed by atoms with Crippen molar-refractivity contribution >= 4 is 15.9 Å². The van der Waals surface area contributed by atoms with Crippen LogP contribution in [-0.4, -0.2) is 21.9 Å². The van der Waals surface area contributed by atoms with Crippen LogP contribution in [0, 0.1) is 6.08 Å². The van der Waals surface area contributed by atoms with E-state index in [9.17, 15) is 4.39 Å². The lowest BCUT2D eigenvalue weighted by Crippen LogP contribution is -2.04. The highest BCUT2D eigenvalue weighted by atomic mass is 79.9. The molecule has 6 heteroatoms. The van der Waals surface area contributed by atoms with Gasteiger partial charge in [0, 0.05) is 0 Å². The molecule has 2 aromatic rings. The number of benzene rings is 1. The molecule has 1 aromatic heterocycles. The van der Waals surface area contributed by atoms with Crippen molar-refractivity contribution in [3.8, 4) is 5.75 Å². The molecule has 0 radical (unpaired) electrons. The van der Waals surface area contributed by atoms with Crippen molar-refractivity contribution in [2.75, 3.05) is 7.11 Å². The molecule has 0 aliphatic carbocycles. The summed E-state index contributed by atoms with van der Waals surface area (Å²) < 4.78 is 19.6. The third kappa shape index (κ3) is 2.38. The summed E-state index contributed by atoms with van der Waals surface area (Å²) in [5.74, 6) is 0.768. The lowest BCUT2D eigenvalue weighted by atomic mass is 10.2. The lowest BCUT2D eigenvalue weighted by molar-refractivity contribution is 0.414. The fourth-order valence-electron chi connectivity index (χ4n) is 1.30. The average molecular weight is 286 g/mol. The molecule has 4 nitrogen and oxygen atoms in total. The molecule has 0 fully saturated rings. The molecule has 2 rings (SSSR count). The molecule has 1 aromatic carbocycles. The van der Waals surface area contributed by atoms with Crippen LogP contribution in [0.4, 0.5) is 4.39 Å². The Morgan fingerprint density at radius 3 is 2.56 bits per heavy atom. The van der Waals surface area contributed by atoms with E-state index in [-0.39, 0.29) is 4.73 Å². The summed E-state index contributed by atoms with van der Waals surface area (Å²) in [5, 5.41) is 3.86. The van der Waals surface area contributed by atoms with Gasteiger partial charge in [0.15, 0.2) is 0 Å². The number of aromatic nitrogens is 3. The second kappa shape index (κ2) is 4.61. The number of hydrogen-bond acceptors (Lipinski definition) is 3. The highest BCUT2D eigenvalue weighted by Crippen LogP contribution is 2.13. The Hall–Kier alpha value is -1.43. The van der Waals surface area contributed by atoms with Crippen molar-refractivity contribution in [3.05, 3.63) is 40.6 Å². The Balaban J connectivity index is 2.17. The van der Waals surface area contributed by atoms with Gasteiger partial charge in [-0.1, -0.05) is 12.1 Å². The van der Waals surface area contributed by atoms with Gasteiger partial charge >= 0.3 is 6.08 Å². The second-order valence-corrected chi connectivity index (χ2v) is 3.86. The number of hydrogen-bond donors (Lipinski definition) is 0. The van der Waals surface area contributed by atoms with E-state index >= 15 is 0 Å². The monoisotopic (exact) mass is 285 g/mol. The maximum atomic E-state index is 13.2. The summed E-state index contributed by atoms with van der Waals surface area (Å²) in [6.07, 6.45) is -0.609. The highest BCUT2D eigenvalue weighted by molar-refractivity contribution is 9.10. The van der Waals surface area contributed by atoms with Crippen LogP contribution in [0.25, 0.3) is 0 Å². The molecular weight excluding hydrogens is 277 g/mol. The van der Waals surface area contributed by atoms with Crippen molar-refractivity contribution in [3.63, 3.8) is 0 Å². The van der Waals surface area contributed by atoms with E-state index in [1.165, 1.54) is 4.68 Å². The topological polar surface area (TPSA) is 39.9 Å². The SMILES string of the molecule is COc1ccc(Cn2nc(Br)nc2F)cc1. The third-order valence-electron chi connectivity index (χ3n) is 2.09. The van der Waals surface area contributed by atoms with Crippen molar-refractivity contribution in [1.29, 1.82) is 0 Å². The number of nitrogens with zero attached hydrogens (tertiary/aromatic N) is 3. The fourth-order valence-corrected chi connectivity index (χ4v) is 1.64. The van der Waals surface area contributed by atoms with E-state index in [4.69, 9.17) is 4.74 Å². The van der Waals surface area contributed by atoms with Crippen LogP contribution in [0.5, 0.6) is 5.75 Å². The maximum Gasteiger partial charge on any atom is 0.308 e. The van der Waals surface area contributed by atoms with Crippen LogP contribution in [-0.2, 0) is 6.54 Å². The van der Waals surface area contributed by atoms with E-state index in [1.54, 1.807) is 7.11 Å². The van der Waals surface area contributed by atoms with Crippen molar-refractivity contribution in [2.45, 2.75) is 6.54 Å². The van der Waals surface area contributed by atoms with Gasteiger partial charge in [-0.2, -0.15) is 9.37 Å². The molecule has 0 saturated heterocycles. The molecule has 16 heavy (non-hydrogen) atoms. The van der Waals surface area contributed by atoms with Gasteiger partial charge in [0.25, 0.3) is 0 Å². The van der Waals surface area contributed by atoms with E-state index < -0.39 is 6.08 Å². The molecule has 0 unspecified atom stereocenters. The normalized spacial score (nSPS) is 10.4. The van der Waals surface area contributed by atoms with Gasteiger partial charge in [0.2, 0.25) is 4.73 Å². The van der Waals surface area contributed by atoms with Gasteiger partial charge in [0.1, 0.15) is 5.75 Å². The molecule has 84 valence electrons. The molecular formula is C10H9BrFN3O. The van der Waals surface area contributed by atoms with Crippen LogP contribution < -0.4 is 4.74 Å². The van der Waals surface area contributed by atoms with Crippen LogP contribution in [0.1, 0.15) is 5.56 Å². The zero-order valence-electron chi connectivity index (χ0n) is 8.52. The first-order valence-electron chi connectivity index (χ1n) is 4.58. The molecule has 0 saturated carbocycles. The van der Waals surface area contributed by atoms with Crippen LogP contribution in [0.3, 0.4) is 0 Å². The second-order valence-electron chi connectivity index (χ2n) is 3.16. The predicted octanol–water partition coefficient (Wildman–Crippen LogP) is 2.24. The summed E-state index contributed by atoms with van der Waals surface area (Å²) in [6, 6.07) is 7.35. The highest BCUT2D eigenvalue weighted by Gasteiger charge is 2.07. The zero-order chi connectivity index (χ0) is 11.5. The Morgan fingerprint density at radius 2 is 2.06 bits per heavy atom. The summed E-state index contributed by atoms with van der Waals surface area (Å²) in [7, 11) is 1.60. The number of methoxy groups -OCH3 is 1. The maximum absolute atomic E-state index is 13.2. The fraction of sp³-hybridized carbons (Fsp3) is 0.200. The van der Waals surface area contributed by atoms with Gasteiger partial charge in [-0.25, -0.2) is 4.68 Å².